The Kier molecular flexibility index (Phi) is 5.13. The molecule has 0 aliphatic heterocycles. The molecule has 4 aromatic rings. The van der Waals surface area contributed by atoms with Crippen LogP contribution in [0, 0.1) is 26.6 Å². The van der Waals surface area contributed by atoms with Crippen molar-refractivity contribution in [1.29, 1.82) is 0 Å². The summed E-state index contributed by atoms with van der Waals surface area (Å²) in [7, 11) is 0. The van der Waals surface area contributed by atoms with Gasteiger partial charge in [0.1, 0.15) is 5.82 Å². The molecule has 0 fully saturated rings. The van der Waals surface area contributed by atoms with Crippen LogP contribution in [-0.4, -0.2) is 19.6 Å². The molecule has 28 heavy (non-hydrogen) atoms. The number of rotatable bonds is 5. The number of aryl methyl sites for hydroxylation is 3. The second-order valence-corrected chi connectivity index (χ2v) is 7.85. The van der Waals surface area contributed by atoms with Gasteiger partial charge in [0, 0.05) is 23.6 Å². The highest BCUT2D eigenvalue weighted by atomic mass is 32.2. The maximum Gasteiger partial charge on any atom is 0.253 e. The van der Waals surface area contributed by atoms with Gasteiger partial charge in [-0.25, -0.2) is 13.9 Å². The predicted octanol–water partition coefficient (Wildman–Crippen LogP) is 5.07. The molecule has 6 heteroatoms. The number of nitrogens with zero attached hydrogens (tertiary/aromatic N) is 4. The second kappa shape index (κ2) is 7.72. The second-order valence-electron chi connectivity index (χ2n) is 6.91. The molecule has 0 bridgehead atoms. The van der Waals surface area contributed by atoms with Gasteiger partial charge in [-0.15, -0.1) is 5.10 Å². The molecule has 0 aliphatic carbocycles. The minimum atomic E-state index is -0.204. The van der Waals surface area contributed by atoms with Crippen LogP contribution in [0.15, 0.2) is 53.7 Å². The summed E-state index contributed by atoms with van der Waals surface area (Å²) in [5, 5.41) is 5.20. The quantitative estimate of drug-likeness (QED) is 0.445. The minimum Gasteiger partial charge on any atom is -0.216 e. The fraction of sp³-hybridized carbons (Fsp3) is 0.227. The molecule has 2 aromatic heterocycles. The molecule has 0 atom stereocenters. The third-order valence-electron chi connectivity index (χ3n) is 4.85. The first-order valence-electron chi connectivity index (χ1n) is 9.16. The lowest BCUT2D eigenvalue weighted by molar-refractivity contribution is 0.617. The summed E-state index contributed by atoms with van der Waals surface area (Å²) in [6.45, 7) is 6.15. The average molecular weight is 393 g/mol. The van der Waals surface area contributed by atoms with E-state index >= 15 is 0 Å². The van der Waals surface area contributed by atoms with Crippen molar-refractivity contribution in [2.75, 3.05) is 0 Å². The van der Waals surface area contributed by atoms with E-state index in [1.54, 1.807) is 16.6 Å². The van der Waals surface area contributed by atoms with E-state index in [1.807, 2.05) is 19.9 Å². The van der Waals surface area contributed by atoms with Gasteiger partial charge in [-0.3, -0.25) is 0 Å². The van der Waals surface area contributed by atoms with Crippen molar-refractivity contribution < 1.29 is 4.39 Å². The Morgan fingerprint density at radius 1 is 0.964 bits per heavy atom. The molecule has 0 saturated carbocycles. The molecule has 4 rings (SSSR count). The van der Waals surface area contributed by atoms with Gasteiger partial charge < -0.3 is 0 Å². The SMILES string of the molecule is Cc1ccc(Cc2c(C)nc3nc(SCc4ccccc4F)nn3c2C)cc1. The Morgan fingerprint density at radius 2 is 1.71 bits per heavy atom. The topological polar surface area (TPSA) is 43.1 Å². The number of halogens is 1. The number of hydrogen-bond acceptors (Lipinski definition) is 4. The zero-order valence-electron chi connectivity index (χ0n) is 16.1. The third-order valence-corrected chi connectivity index (χ3v) is 5.73. The van der Waals surface area contributed by atoms with Gasteiger partial charge in [-0.2, -0.15) is 4.98 Å². The molecule has 2 aromatic carbocycles. The molecular weight excluding hydrogens is 371 g/mol. The van der Waals surface area contributed by atoms with Crippen LogP contribution in [-0.2, 0) is 12.2 Å². The number of benzene rings is 2. The monoisotopic (exact) mass is 392 g/mol. The van der Waals surface area contributed by atoms with E-state index in [1.165, 1.54) is 29.0 Å². The minimum absolute atomic E-state index is 0.204. The van der Waals surface area contributed by atoms with Crippen LogP contribution < -0.4 is 0 Å². The lowest BCUT2D eigenvalue weighted by Crippen LogP contribution is -2.06. The van der Waals surface area contributed by atoms with Gasteiger partial charge in [0.2, 0.25) is 5.16 Å². The highest BCUT2D eigenvalue weighted by molar-refractivity contribution is 7.98. The van der Waals surface area contributed by atoms with Crippen molar-refractivity contribution in [2.24, 2.45) is 0 Å². The van der Waals surface area contributed by atoms with Crippen molar-refractivity contribution in [2.45, 2.75) is 38.1 Å². The zero-order chi connectivity index (χ0) is 19.7. The normalized spacial score (nSPS) is 11.3. The van der Waals surface area contributed by atoms with E-state index in [0.717, 1.165) is 23.4 Å². The van der Waals surface area contributed by atoms with Crippen molar-refractivity contribution in [3.8, 4) is 0 Å². The Morgan fingerprint density at radius 3 is 2.46 bits per heavy atom. The van der Waals surface area contributed by atoms with Crippen LogP contribution in [0.4, 0.5) is 4.39 Å². The molecule has 0 N–H and O–H groups in total. The van der Waals surface area contributed by atoms with E-state index in [-0.39, 0.29) is 5.82 Å². The van der Waals surface area contributed by atoms with Crippen molar-refractivity contribution in [1.82, 2.24) is 19.6 Å². The molecule has 0 aliphatic rings. The molecule has 4 nitrogen and oxygen atoms in total. The van der Waals surface area contributed by atoms with E-state index in [0.29, 0.717) is 22.3 Å². The molecule has 0 spiro atoms. The molecule has 0 amide bonds. The number of hydrogen-bond donors (Lipinski definition) is 0. The summed E-state index contributed by atoms with van der Waals surface area (Å²) in [6.07, 6.45) is 0.804. The van der Waals surface area contributed by atoms with Crippen LogP contribution in [0.25, 0.3) is 5.78 Å². The van der Waals surface area contributed by atoms with Crippen LogP contribution in [0.1, 0.15) is 33.6 Å². The fourth-order valence-electron chi connectivity index (χ4n) is 3.17. The maximum absolute atomic E-state index is 13.8. The Balaban J connectivity index is 1.61. The fourth-order valence-corrected chi connectivity index (χ4v) is 3.98. The van der Waals surface area contributed by atoms with Gasteiger partial charge >= 0.3 is 0 Å². The van der Waals surface area contributed by atoms with Crippen LogP contribution in [0.2, 0.25) is 0 Å². The molecule has 142 valence electrons. The first kappa shape index (κ1) is 18.6. The highest BCUT2D eigenvalue weighted by Gasteiger charge is 2.14. The Bertz CT molecular complexity index is 1140. The number of fused-ring (bicyclic) bond motifs is 1. The van der Waals surface area contributed by atoms with Gasteiger partial charge in [-0.1, -0.05) is 59.8 Å². The van der Waals surface area contributed by atoms with Gasteiger partial charge in [-0.05, 0) is 43.5 Å². The van der Waals surface area contributed by atoms with E-state index in [9.17, 15) is 4.39 Å². The third kappa shape index (κ3) is 3.78. The first-order valence-corrected chi connectivity index (χ1v) is 10.1. The van der Waals surface area contributed by atoms with E-state index in [2.05, 4.69) is 46.3 Å². The zero-order valence-corrected chi connectivity index (χ0v) is 16.9. The smallest absolute Gasteiger partial charge is 0.216 e. The summed E-state index contributed by atoms with van der Waals surface area (Å²) in [4.78, 5) is 9.17. The van der Waals surface area contributed by atoms with Gasteiger partial charge in [0.05, 0.1) is 0 Å². The summed E-state index contributed by atoms with van der Waals surface area (Å²) >= 11 is 1.42. The maximum atomic E-state index is 13.8. The summed E-state index contributed by atoms with van der Waals surface area (Å²) < 4.78 is 15.6. The Hall–Kier alpha value is -2.73. The average Bonchev–Trinajstić information content (AvgIpc) is 3.09. The van der Waals surface area contributed by atoms with E-state index in [4.69, 9.17) is 0 Å². The summed E-state index contributed by atoms with van der Waals surface area (Å²) in [5.41, 5.74) is 6.29. The van der Waals surface area contributed by atoms with Gasteiger partial charge in [0.25, 0.3) is 5.78 Å². The van der Waals surface area contributed by atoms with Crippen molar-refractivity contribution >= 4 is 17.5 Å². The standard InChI is InChI=1S/C22H21FN4S/c1-14-8-10-17(11-9-14)12-19-15(2)24-21-25-22(26-27(21)16(19)3)28-13-18-6-4-5-7-20(18)23/h4-11H,12-13H2,1-3H3. The van der Waals surface area contributed by atoms with Crippen LogP contribution >= 0.6 is 11.8 Å². The lowest BCUT2D eigenvalue weighted by atomic mass is 10.0. The van der Waals surface area contributed by atoms with Crippen molar-refractivity contribution in [3.63, 3.8) is 0 Å². The molecular formula is C22H21FN4S. The first-order chi connectivity index (χ1) is 13.5. The molecule has 2 heterocycles. The van der Waals surface area contributed by atoms with Gasteiger partial charge in [0.15, 0.2) is 0 Å². The van der Waals surface area contributed by atoms with Crippen molar-refractivity contribution in [3.05, 3.63) is 88.0 Å². The number of thioether (sulfide) groups is 1. The largest absolute Gasteiger partial charge is 0.253 e. The lowest BCUT2D eigenvalue weighted by Gasteiger charge is -2.10. The molecule has 0 saturated heterocycles. The Labute approximate surface area is 167 Å². The molecule has 0 radical (unpaired) electrons. The number of aromatic nitrogens is 4. The van der Waals surface area contributed by atoms with Crippen LogP contribution in [0.5, 0.6) is 0 Å². The molecule has 0 unspecified atom stereocenters. The van der Waals surface area contributed by atoms with Crippen LogP contribution in [0.3, 0.4) is 0 Å². The van der Waals surface area contributed by atoms with E-state index < -0.39 is 0 Å². The highest BCUT2D eigenvalue weighted by Crippen LogP contribution is 2.24. The summed E-state index contributed by atoms with van der Waals surface area (Å²) in [6, 6.07) is 15.3. The summed E-state index contributed by atoms with van der Waals surface area (Å²) in [5.74, 6) is 0.862. The predicted molar refractivity (Wildman–Crippen MR) is 110 cm³/mol.